The zero-order valence-electron chi connectivity index (χ0n) is 12.6. The molecule has 0 radical (unpaired) electrons. The molecule has 0 saturated carbocycles. The van der Waals surface area contributed by atoms with Gasteiger partial charge in [0.05, 0.1) is 0 Å². The number of rotatable bonds is 3. The lowest BCUT2D eigenvalue weighted by Crippen LogP contribution is -2.26. The third-order valence-corrected chi connectivity index (χ3v) is 3.81. The van der Waals surface area contributed by atoms with E-state index in [-0.39, 0.29) is 0 Å². The zero-order valence-corrected chi connectivity index (χ0v) is 12.6. The number of para-hydroxylation sites is 1. The molecule has 0 saturated heterocycles. The summed E-state index contributed by atoms with van der Waals surface area (Å²) in [7, 11) is 0. The van der Waals surface area contributed by atoms with Gasteiger partial charge in [0.1, 0.15) is 5.56 Å². The van der Waals surface area contributed by atoms with Crippen molar-refractivity contribution in [1.29, 1.82) is 0 Å². The van der Waals surface area contributed by atoms with Crippen LogP contribution in [0, 0.1) is 0 Å². The molecular formula is C21H16NO+. The van der Waals surface area contributed by atoms with E-state index >= 15 is 0 Å². The highest BCUT2D eigenvalue weighted by Gasteiger charge is 2.22. The molecule has 2 nitrogen and oxygen atoms in total. The van der Waals surface area contributed by atoms with Gasteiger partial charge in [0.15, 0.2) is 0 Å². The molecule has 110 valence electrons. The SMILES string of the molecule is c1ccc(-c2c[n+](-c3ccccc3)oc2-c2ccccc2)cc1. The molecule has 0 bridgehead atoms. The molecule has 23 heavy (non-hydrogen) atoms. The molecule has 1 heterocycles. The highest BCUT2D eigenvalue weighted by atomic mass is 16.5. The quantitative estimate of drug-likeness (QED) is 0.492. The number of benzene rings is 3. The Morgan fingerprint density at radius 1 is 0.565 bits per heavy atom. The molecule has 0 amide bonds. The Labute approximate surface area is 135 Å². The predicted molar refractivity (Wildman–Crippen MR) is 91.1 cm³/mol. The van der Waals surface area contributed by atoms with Gasteiger partial charge in [-0.15, -0.1) is 0 Å². The van der Waals surface area contributed by atoms with Gasteiger partial charge in [-0.25, -0.2) is 4.52 Å². The van der Waals surface area contributed by atoms with E-state index in [0.29, 0.717) is 0 Å². The molecule has 0 spiro atoms. The van der Waals surface area contributed by atoms with Crippen LogP contribution in [-0.4, -0.2) is 0 Å². The van der Waals surface area contributed by atoms with E-state index in [4.69, 9.17) is 4.52 Å². The molecule has 1 aromatic heterocycles. The van der Waals surface area contributed by atoms with E-state index in [0.717, 1.165) is 28.1 Å². The third kappa shape index (κ3) is 2.67. The fraction of sp³-hybridized carbons (Fsp3) is 0. The van der Waals surface area contributed by atoms with Crippen LogP contribution in [0.2, 0.25) is 0 Å². The number of aromatic nitrogens is 1. The van der Waals surface area contributed by atoms with Gasteiger partial charge >= 0.3 is 0 Å². The summed E-state index contributed by atoms with van der Waals surface area (Å²) in [5.41, 5.74) is 4.30. The lowest BCUT2D eigenvalue weighted by Gasteiger charge is -1.98. The second-order valence-electron chi connectivity index (χ2n) is 5.36. The van der Waals surface area contributed by atoms with Crippen molar-refractivity contribution in [3.8, 4) is 28.1 Å². The Morgan fingerprint density at radius 3 is 1.70 bits per heavy atom. The van der Waals surface area contributed by atoms with Gasteiger partial charge in [-0.3, -0.25) is 0 Å². The molecule has 4 rings (SSSR count). The molecule has 0 N–H and O–H groups in total. The molecule has 0 aliphatic carbocycles. The van der Waals surface area contributed by atoms with Crippen LogP contribution in [0.3, 0.4) is 0 Å². The van der Waals surface area contributed by atoms with E-state index in [1.807, 2.05) is 77.7 Å². The van der Waals surface area contributed by atoms with Gasteiger partial charge in [0.2, 0.25) is 12.0 Å². The molecule has 3 aromatic carbocycles. The summed E-state index contributed by atoms with van der Waals surface area (Å²) in [4.78, 5) is 0. The largest absolute Gasteiger partial charge is 0.258 e. The monoisotopic (exact) mass is 298 g/mol. The Balaban J connectivity index is 1.91. The number of hydrogen-bond donors (Lipinski definition) is 0. The summed E-state index contributed by atoms with van der Waals surface area (Å²) in [6.07, 6.45) is 2.05. The molecule has 0 unspecified atom stereocenters. The highest BCUT2D eigenvalue weighted by Crippen LogP contribution is 2.31. The van der Waals surface area contributed by atoms with Gasteiger partial charge < -0.3 is 0 Å². The lowest BCUT2D eigenvalue weighted by atomic mass is 10.0. The second kappa shape index (κ2) is 5.93. The maximum atomic E-state index is 6.16. The molecule has 0 aliphatic rings. The number of nitrogens with zero attached hydrogens (tertiary/aromatic N) is 1. The molecule has 4 aromatic rings. The Morgan fingerprint density at radius 2 is 1.09 bits per heavy atom. The molecule has 0 aliphatic heterocycles. The predicted octanol–water partition coefficient (Wildman–Crippen LogP) is 4.89. The van der Waals surface area contributed by atoms with Crippen molar-refractivity contribution in [2.24, 2.45) is 0 Å². The van der Waals surface area contributed by atoms with Gasteiger partial charge in [-0.05, 0) is 5.56 Å². The first kappa shape index (κ1) is 13.5. The molecule has 0 fully saturated rings. The van der Waals surface area contributed by atoms with E-state index in [1.165, 1.54) is 0 Å². The van der Waals surface area contributed by atoms with Crippen molar-refractivity contribution in [2.45, 2.75) is 0 Å². The van der Waals surface area contributed by atoms with Crippen LogP contribution in [0.5, 0.6) is 0 Å². The van der Waals surface area contributed by atoms with E-state index in [9.17, 15) is 0 Å². The summed E-state index contributed by atoms with van der Waals surface area (Å²) < 4.78 is 7.98. The minimum absolute atomic E-state index is 0.876. The average Bonchev–Trinajstić information content (AvgIpc) is 3.09. The first-order chi connectivity index (χ1) is 11.4. The lowest BCUT2D eigenvalue weighted by molar-refractivity contribution is -0.782. The van der Waals surface area contributed by atoms with Crippen LogP contribution in [0.1, 0.15) is 0 Å². The smallest absolute Gasteiger partial charge is 0.229 e. The van der Waals surface area contributed by atoms with Gasteiger partial charge in [-0.2, -0.15) is 0 Å². The van der Waals surface area contributed by atoms with Crippen molar-refractivity contribution >= 4 is 0 Å². The molecule has 2 heteroatoms. The Bertz CT molecular complexity index is 840. The summed E-state index contributed by atoms with van der Waals surface area (Å²) in [6.45, 7) is 0. The molecular weight excluding hydrogens is 282 g/mol. The maximum absolute atomic E-state index is 6.16. The Kier molecular flexibility index (Phi) is 3.49. The van der Waals surface area contributed by atoms with Gasteiger partial charge in [0, 0.05) is 22.4 Å². The van der Waals surface area contributed by atoms with E-state index in [2.05, 4.69) is 24.3 Å². The average molecular weight is 298 g/mol. The first-order valence-corrected chi connectivity index (χ1v) is 7.64. The number of hydrogen-bond acceptors (Lipinski definition) is 1. The van der Waals surface area contributed by atoms with Crippen molar-refractivity contribution < 1.29 is 9.26 Å². The highest BCUT2D eigenvalue weighted by molar-refractivity contribution is 5.78. The zero-order chi connectivity index (χ0) is 15.5. The van der Waals surface area contributed by atoms with Crippen LogP contribution in [-0.2, 0) is 0 Å². The summed E-state index contributed by atoms with van der Waals surface area (Å²) >= 11 is 0. The van der Waals surface area contributed by atoms with Crippen LogP contribution in [0.4, 0.5) is 0 Å². The molecule has 0 atom stereocenters. The van der Waals surface area contributed by atoms with Crippen molar-refractivity contribution in [2.75, 3.05) is 0 Å². The normalized spacial score (nSPS) is 10.6. The third-order valence-electron chi connectivity index (χ3n) is 3.81. The minimum atomic E-state index is 0.876. The maximum Gasteiger partial charge on any atom is 0.258 e. The van der Waals surface area contributed by atoms with Gasteiger partial charge in [-0.1, -0.05) is 78.9 Å². The fourth-order valence-corrected chi connectivity index (χ4v) is 2.67. The topological polar surface area (TPSA) is 17.0 Å². The fourth-order valence-electron chi connectivity index (χ4n) is 2.67. The summed E-state index contributed by atoms with van der Waals surface area (Å²) in [5, 5.41) is 0. The van der Waals surface area contributed by atoms with Gasteiger partial charge in [0.25, 0.3) is 5.69 Å². The van der Waals surface area contributed by atoms with Crippen molar-refractivity contribution in [3.05, 3.63) is 97.2 Å². The summed E-state index contributed by atoms with van der Waals surface area (Å²) in [5.74, 6) is 0.876. The second-order valence-corrected chi connectivity index (χ2v) is 5.36. The standard InChI is InChI=1S/C21H16NO/c1-4-10-17(11-5-1)20-16-22(19-14-8-3-9-15-19)23-21(20)18-12-6-2-7-13-18/h1-16H/q+1. The van der Waals surface area contributed by atoms with Crippen LogP contribution in [0.15, 0.2) is 102 Å². The first-order valence-electron chi connectivity index (χ1n) is 7.64. The van der Waals surface area contributed by atoms with E-state index in [1.54, 1.807) is 0 Å². The van der Waals surface area contributed by atoms with Crippen LogP contribution < -0.4 is 4.74 Å². The minimum Gasteiger partial charge on any atom is -0.229 e. The summed E-state index contributed by atoms with van der Waals surface area (Å²) in [6, 6.07) is 30.6. The van der Waals surface area contributed by atoms with Crippen molar-refractivity contribution in [1.82, 2.24) is 0 Å². The van der Waals surface area contributed by atoms with Crippen LogP contribution >= 0.6 is 0 Å². The van der Waals surface area contributed by atoms with Crippen LogP contribution in [0.25, 0.3) is 28.1 Å². The van der Waals surface area contributed by atoms with Crippen molar-refractivity contribution in [3.63, 3.8) is 0 Å². The van der Waals surface area contributed by atoms with E-state index < -0.39 is 0 Å². The Hall–Kier alpha value is -3.13.